The van der Waals surface area contributed by atoms with Crippen molar-refractivity contribution in [2.75, 3.05) is 12.4 Å². The van der Waals surface area contributed by atoms with Crippen LogP contribution in [0.5, 0.6) is 23.0 Å². The van der Waals surface area contributed by atoms with Gasteiger partial charge in [-0.05, 0) is 30.7 Å². The predicted octanol–water partition coefficient (Wildman–Crippen LogP) is 3.90. The molecular formula is C23H22N2O8S. The van der Waals surface area contributed by atoms with E-state index in [-0.39, 0.29) is 22.8 Å². The first-order chi connectivity index (χ1) is 16.1. The zero-order valence-corrected chi connectivity index (χ0v) is 20.0. The van der Waals surface area contributed by atoms with Gasteiger partial charge in [0.05, 0.1) is 17.3 Å². The minimum Gasteiger partial charge on any atom is -0.496 e. The van der Waals surface area contributed by atoms with Gasteiger partial charge in [0, 0.05) is 31.9 Å². The molecule has 11 heteroatoms. The van der Waals surface area contributed by atoms with Gasteiger partial charge in [-0.1, -0.05) is 18.3 Å². The number of nitrogens with zero attached hydrogens (tertiary/aromatic N) is 1. The van der Waals surface area contributed by atoms with Gasteiger partial charge in [0.1, 0.15) is 5.75 Å². The van der Waals surface area contributed by atoms with Crippen molar-refractivity contribution < 1.29 is 38.1 Å². The zero-order chi connectivity index (χ0) is 25.0. The second kappa shape index (κ2) is 10.3. The number of aryl methyl sites for hydroxylation is 1. The van der Waals surface area contributed by atoms with E-state index >= 15 is 0 Å². The maximum Gasteiger partial charge on any atom is 0.308 e. The summed E-state index contributed by atoms with van der Waals surface area (Å²) in [7, 11) is 1.59. The average Bonchev–Trinajstić information content (AvgIpc) is 3.16. The molecule has 3 rings (SSSR count). The van der Waals surface area contributed by atoms with Crippen LogP contribution in [0.25, 0.3) is 10.2 Å². The number of carbonyl (C=O) groups excluding carboxylic acids is 4. The number of amides is 1. The van der Waals surface area contributed by atoms with Crippen LogP contribution >= 0.6 is 11.3 Å². The fourth-order valence-electron chi connectivity index (χ4n) is 3.19. The first-order valence-corrected chi connectivity index (χ1v) is 11.0. The van der Waals surface area contributed by atoms with Crippen molar-refractivity contribution in [3.63, 3.8) is 0 Å². The van der Waals surface area contributed by atoms with E-state index in [2.05, 4.69) is 10.3 Å². The van der Waals surface area contributed by atoms with E-state index in [0.717, 1.165) is 36.8 Å². The Morgan fingerprint density at radius 1 is 0.912 bits per heavy atom. The summed E-state index contributed by atoms with van der Waals surface area (Å²) in [6, 6.07) is 6.02. The molecule has 1 aromatic heterocycles. The highest BCUT2D eigenvalue weighted by Gasteiger charge is 2.23. The SMILES string of the molecule is CCc1c(OC)ccc2nc(NC(=O)c3cc(OC(C)=O)c(OC(C)=O)c(OC(C)=O)c3)sc12. The number of thiazole rings is 1. The minimum atomic E-state index is -0.740. The fraction of sp³-hybridized carbons (Fsp3) is 0.261. The monoisotopic (exact) mass is 486 g/mol. The van der Waals surface area contributed by atoms with Crippen LogP contribution in [-0.2, 0) is 20.8 Å². The number of benzene rings is 2. The molecular weight excluding hydrogens is 464 g/mol. The summed E-state index contributed by atoms with van der Waals surface area (Å²) in [6.07, 6.45) is 0.713. The number of hydrogen-bond acceptors (Lipinski definition) is 10. The lowest BCUT2D eigenvalue weighted by Crippen LogP contribution is -2.15. The van der Waals surface area contributed by atoms with Crippen LogP contribution in [0.3, 0.4) is 0 Å². The molecule has 1 N–H and O–H groups in total. The smallest absolute Gasteiger partial charge is 0.308 e. The number of esters is 3. The molecule has 0 aliphatic carbocycles. The lowest BCUT2D eigenvalue weighted by molar-refractivity contribution is -0.135. The van der Waals surface area contributed by atoms with E-state index in [9.17, 15) is 19.2 Å². The summed E-state index contributed by atoms with van der Waals surface area (Å²) < 4.78 is 21.6. The number of anilines is 1. The molecule has 1 heterocycles. The van der Waals surface area contributed by atoms with E-state index in [1.165, 1.54) is 23.5 Å². The molecule has 0 atom stereocenters. The lowest BCUT2D eigenvalue weighted by atomic mass is 10.1. The Balaban J connectivity index is 2.02. The molecule has 2 aromatic carbocycles. The standard InChI is InChI=1S/C23H22N2O8S/c1-6-15-17(30-5)8-7-16-21(15)34-23(24-16)25-22(29)14-9-18(31-11(2)26)20(33-13(4)28)19(10-14)32-12(3)27/h7-10H,6H2,1-5H3,(H,24,25,29). The van der Waals surface area contributed by atoms with Gasteiger partial charge in [-0.25, -0.2) is 4.98 Å². The number of ether oxygens (including phenoxy) is 4. The summed E-state index contributed by atoms with van der Waals surface area (Å²) in [5, 5.41) is 3.03. The number of fused-ring (bicyclic) bond motifs is 1. The van der Waals surface area contributed by atoms with Crippen LogP contribution in [0.4, 0.5) is 5.13 Å². The van der Waals surface area contributed by atoms with E-state index in [1.807, 2.05) is 13.0 Å². The van der Waals surface area contributed by atoms with Crippen LogP contribution in [0, 0.1) is 0 Å². The molecule has 0 bridgehead atoms. The van der Waals surface area contributed by atoms with Crippen molar-refractivity contribution in [1.29, 1.82) is 0 Å². The molecule has 0 radical (unpaired) electrons. The van der Waals surface area contributed by atoms with Gasteiger partial charge in [-0.3, -0.25) is 24.5 Å². The maximum absolute atomic E-state index is 13.0. The third-order valence-corrected chi connectivity index (χ3v) is 5.49. The molecule has 0 fully saturated rings. The molecule has 0 unspecified atom stereocenters. The van der Waals surface area contributed by atoms with E-state index < -0.39 is 23.8 Å². The molecule has 34 heavy (non-hydrogen) atoms. The van der Waals surface area contributed by atoms with Gasteiger partial charge >= 0.3 is 17.9 Å². The second-order valence-electron chi connectivity index (χ2n) is 7.00. The van der Waals surface area contributed by atoms with Crippen LogP contribution in [0.2, 0.25) is 0 Å². The Morgan fingerprint density at radius 3 is 2.00 bits per heavy atom. The van der Waals surface area contributed by atoms with Crippen LogP contribution in [-0.4, -0.2) is 35.9 Å². The summed E-state index contributed by atoms with van der Waals surface area (Å²) in [4.78, 5) is 52.2. The molecule has 10 nitrogen and oxygen atoms in total. The largest absolute Gasteiger partial charge is 0.496 e. The van der Waals surface area contributed by atoms with Gasteiger partial charge in [-0.15, -0.1) is 0 Å². The Bertz CT molecular complexity index is 1260. The van der Waals surface area contributed by atoms with E-state index in [1.54, 1.807) is 13.2 Å². The lowest BCUT2D eigenvalue weighted by Gasteiger charge is -2.14. The van der Waals surface area contributed by atoms with Gasteiger partial charge in [0.15, 0.2) is 16.6 Å². The normalized spacial score (nSPS) is 10.5. The number of aromatic nitrogens is 1. The fourth-order valence-corrected chi connectivity index (χ4v) is 4.26. The van der Waals surface area contributed by atoms with Crippen molar-refractivity contribution in [3.8, 4) is 23.0 Å². The van der Waals surface area contributed by atoms with Gasteiger partial charge in [0.2, 0.25) is 5.75 Å². The van der Waals surface area contributed by atoms with Crippen molar-refractivity contribution in [2.45, 2.75) is 34.1 Å². The van der Waals surface area contributed by atoms with Crippen LogP contribution < -0.4 is 24.3 Å². The van der Waals surface area contributed by atoms with Crippen molar-refractivity contribution in [3.05, 3.63) is 35.4 Å². The Kier molecular flexibility index (Phi) is 7.47. The molecule has 0 spiro atoms. The van der Waals surface area contributed by atoms with Crippen LogP contribution in [0.15, 0.2) is 24.3 Å². The third kappa shape index (κ3) is 5.49. The number of rotatable bonds is 7. The molecule has 3 aromatic rings. The summed E-state index contributed by atoms with van der Waals surface area (Å²) in [5.74, 6) is -2.89. The molecule has 0 aliphatic heterocycles. The number of methoxy groups -OCH3 is 1. The highest BCUT2D eigenvalue weighted by atomic mass is 32.1. The quantitative estimate of drug-likeness (QED) is 0.390. The molecule has 0 saturated carbocycles. The maximum atomic E-state index is 13.0. The molecule has 1 amide bonds. The van der Waals surface area contributed by atoms with Gasteiger partial charge in [-0.2, -0.15) is 0 Å². The molecule has 0 aliphatic rings. The van der Waals surface area contributed by atoms with Crippen molar-refractivity contribution in [2.24, 2.45) is 0 Å². The number of nitrogens with one attached hydrogen (secondary N) is 1. The Hall–Kier alpha value is -3.99. The first kappa shape index (κ1) is 24.6. The molecule has 0 saturated heterocycles. The van der Waals surface area contributed by atoms with Crippen LogP contribution in [0.1, 0.15) is 43.6 Å². The number of carbonyl (C=O) groups is 4. The third-order valence-electron chi connectivity index (χ3n) is 4.45. The second-order valence-corrected chi connectivity index (χ2v) is 8.00. The average molecular weight is 487 g/mol. The predicted molar refractivity (Wildman–Crippen MR) is 124 cm³/mol. The minimum absolute atomic E-state index is 0.0176. The summed E-state index contributed by atoms with van der Waals surface area (Å²) >= 11 is 1.28. The Morgan fingerprint density at radius 2 is 1.50 bits per heavy atom. The number of hydrogen-bond donors (Lipinski definition) is 1. The first-order valence-electron chi connectivity index (χ1n) is 10.1. The molecule has 178 valence electrons. The van der Waals surface area contributed by atoms with E-state index in [4.69, 9.17) is 18.9 Å². The Labute approximate surface area is 198 Å². The van der Waals surface area contributed by atoms with Crippen molar-refractivity contribution in [1.82, 2.24) is 4.98 Å². The van der Waals surface area contributed by atoms with Crippen molar-refractivity contribution >= 4 is 50.5 Å². The van der Waals surface area contributed by atoms with Gasteiger partial charge in [0.25, 0.3) is 5.91 Å². The highest BCUT2D eigenvalue weighted by Crippen LogP contribution is 2.40. The summed E-state index contributed by atoms with van der Waals surface area (Å²) in [5.41, 5.74) is 1.65. The topological polar surface area (TPSA) is 130 Å². The van der Waals surface area contributed by atoms with Gasteiger partial charge < -0.3 is 18.9 Å². The highest BCUT2D eigenvalue weighted by molar-refractivity contribution is 7.22. The summed E-state index contributed by atoms with van der Waals surface area (Å²) in [6.45, 7) is 5.39. The van der Waals surface area contributed by atoms with E-state index in [0.29, 0.717) is 17.1 Å². The zero-order valence-electron chi connectivity index (χ0n) is 19.1.